The highest BCUT2D eigenvalue weighted by molar-refractivity contribution is 5.72. The van der Waals surface area contributed by atoms with Gasteiger partial charge in [-0.05, 0) is 65.2 Å². The normalized spacial score (nSPS) is 30.0. The van der Waals surface area contributed by atoms with Gasteiger partial charge in [-0.25, -0.2) is 4.79 Å². The van der Waals surface area contributed by atoms with E-state index < -0.39 is 11.8 Å². The van der Waals surface area contributed by atoms with Crippen molar-refractivity contribution in [1.29, 1.82) is 0 Å². The Morgan fingerprint density at radius 3 is 2.09 bits per heavy atom. The molecule has 0 aromatic rings. The van der Waals surface area contributed by atoms with Gasteiger partial charge in [-0.15, -0.1) is 4.89 Å². The molecule has 2 unspecified atom stereocenters. The Hall–Kier alpha value is -1.22. The lowest BCUT2D eigenvalue weighted by Gasteiger charge is -2.54. The fraction of sp³-hybridized carbons (Fsp3) is 0.917. The van der Waals surface area contributed by atoms with E-state index in [4.69, 9.17) is 19.2 Å². The predicted octanol–water partition coefficient (Wildman–Crippen LogP) is 3.60. The lowest BCUT2D eigenvalue weighted by Crippen LogP contribution is -2.63. The van der Waals surface area contributed by atoms with Crippen LogP contribution in [-0.2, 0) is 28.8 Å². The van der Waals surface area contributed by atoms with Crippen LogP contribution in [0.25, 0.3) is 0 Å². The Morgan fingerprint density at radius 2 is 1.56 bits per heavy atom. The summed E-state index contributed by atoms with van der Waals surface area (Å²) < 4.78 is 11.0. The quantitative estimate of drug-likeness (QED) is 0.256. The zero-order valence-corrected chi connectivity index (χ0v) is 21.2. The van der Waals surface area contributed by atoms with Gasteiger partial charge in [0.1, 0.15) is 6.61 Å². The van der Waals surface area contributed by atoms with E-state index in [1.54, 1.807) is 6.92 Å². The van der Waals surface area contributed by atoms with Crippen LogP contribution in [0.5, 0.6) is 0 Å². The first-order chi connectivity index (χ1) is 14.6. The third-order valence-electron chi connectivity index (χ3n) is 6.56. The lowest BCUT2D eigenvalue weighted by atomic mass is 9.70. The SMILES string of the molecule is CCOC(=O)CN1C(C)(C)CC(OCC(=O)OOC2(O)CC(C)CC(C)(C)C2)CC1(C)C. The third kappa shape index (κ3) is 7.40. The van der Waals surface area contributed by atoms with Crippen molar-refractivity contribution in [2.24, 2.45) is 11.3 Å². The van der Waals surface area contributed by atoms with Crippen molar-refractivity contribution in [1.82, 2.24) is 4.90 Å². The van der Waals surface area contributed by atoms with Crippen molar-refractivity contribution < 1.29 is 33.9 Å². The van der Waals surface area contributed by atoms with Crippen LogP contribution in [0.15, 0.2) is 0 Å². The molecule has 0 amide bonds. The Kier molecular flexibility index (Phi) is 8.41. The summed E-state index contributed by atoms with van der Waals surface area (Å²) in [5.74, 6) is -2.12. The summed E-state index contributed by atoms with van der Waals surface area (Å²) in [6.45, 7) is 16.5. The van der Waals surface area contributed by atoms with E-state index in [1.807, 2.05) is 0 Å². The summed E-state index contributed by atoms with van der Waals surface area (Å²) in [5.41, 5.74) is -0.735. The molecule has 1 N–H and O–H groups in total. The van der Waals surface area contributed by atoms with Crippen LogP contribution < -0.4 is 0 Å². The molecule has 2 atom stereocenters. The number of piperidine rings is 1. The maximum atomic E-state index is 12.3. The molecular formula is C24H43NO7. The maximum absolute atomic E-state index is 12.3. The second-order valence-electron chi connectivity index (χ2n) is 11.7. The van der Waals surface area contributed by atoms with Crippen molar-refractivity contribution in [3.8, 4) is 0 Å². The molecular weight excluding hydrogens is 414 g/mol. The van der Waals surface area contributed by atoms with Gasteiger partial charge in [0.05, 0.1) is 19.3 Å². The Morgan fingerprint density at radius 1 is 0.969 bits per heavy atom. The summed E-state index contributed by atoms with van der Waals surface area (Å²) in [4.78, 5) is 36.6. The van der Waals surface area contributed by atoms with E-state index in [2.05, 4.69) is 53.4 Å². The fourth-order valence-electron chi connectivity index (χ4n) is 5.96. The van der Waals surface area contributed by atoms with Gasteiger partial charge in [0, 0.05) is 23.9 Å². The average Bonchev–Trinajstić information content (AvgIpc) is 2.59. The van der Waals surface area contributed by atoms with Crippen LogP contribution in [0.2, 0.25) is 0 Å². The van der Waals surface area contributed by atoms with Gasteiger partial charge in [-0.1, -0.05) is 20.8 Å². The summed E-state index contributed by atoms with van der Waals surface area (Å²) in [6.07, 6.45) is 2.93. The standard InChI is InChI=1S/C24H43NO7/c1-9-29-19(26)14-25-22(5,6)12-18(13-23(25,7)8)30-15-20(27)31-32-24(28)11-17(2)10-21(3,4)16-24/h17-18,28H,9-16H2,1-8H3. The van der Waals surface area contributed by atoms with Gasteiger partial charge in [0.2, 0.25) is 5.79 Å². The lowest BCUT2D eigenvalue weighted by molar-refractivity contribution is -0.410. The van der Waals surface area contributed by atoms with Crippen LogP contribution in [0.4, 0.5) is 0 Å². The zero-order valence-electron chi connectivity index (χ0n) is 21.2. The molecule has 0 bridgehead atoms. The van der Waals surface area contributed by atoms with Gasteiger partial charge in [-0.2, -0.15) is 0 Å². The molecule has 1 heterocycles. The third-order valence-corrected chi connectivity index (χ3v) is 6.56. The number of carbonyl (C=O) groups excluding carboxylic acids is 2. The second-order valence-corrected chi connectivity index (χ2v) is 11.7. The molecule has 1 aliphatic carbocycles. The zero-order chi connectivity index (χ0) is 24.4. The highest BCUT2D eigenvalue weighted by Crippen LogP contribution is 2.44. The van der Waals surface area contributed by atoms with Crippen molar-refractivity contribution in [3.05, 3.63) is 0 Å². The van der Waals surface area contributed by atoms with Crippen molar-refractivity contribution in [2.75, 3.05) is 19.8 Å². The molecule has 0 aromatic heterocycles. The molecule has 8 heteroatoms. The van der Waals surface area contributed by atoms with E-state index in [-0.39, 0.29) is 47.6 Å². The van der Waals surface area contributed by atoms with Gasteiger partial charge in [0.25, 0.3) is 0 Å². The van der Waals surface area contributed by atoms with E-state index >= 15 is 0 Å². The van der Waals surface area contributed by atoms with Crippen LogP contribution in [0, 0.1) is 11.3 Å². The number of carbonyl (C=O) groups is 2. The summed E-state index contributed by atoms with van der Waals surface area (Å²) in [7, 11) is 0. The first-order valence-electron chi connectivity index (χ1n) is 11.7. The molecule has 32 heavy (non-hydrogen) atoms. The molecule has 1 aliphatic heterocycles. The van der Waals surface area contributed by atoms with Gasteiger partial charge in [-0.3, -0.25) is 14.6 Å². The molecule has 2 rings (SSSR count). The Balaban J connectivity index is 1.87. The van der Waals surface area contributed by atoms with Crippen LogP contribution in [0.3, 0.4) is 0 Å². The number of likely N-dealkylation sites (tertiary alicyclic amines) is 1. The monoisotopic (exact) mass is 457 g/mol. The number of hydrogen-bond donors (Lipinski definition) is 1. The summed E-state index contributed by atoms with van der Waals surface area (Å²) >= 11 is 0. The summed E-state index contributed by atoms with van der Waals surface area (Å²) in [5, 5.41) is 10.7. The molecule has 1 saturated heterocycles. The number of nitrogens with zero attached hydrogens (tertiary/aromatic N) is 1. The molecule has 0 spiro atoms. The van der Waals surface area contributed by atoms with Crippen LogP contribution >= 0.6 is 0 Å². The molecule has 186 valence electrons. The molecule has 8 nitrogen and oxygen atoms in total. The fourth-order valence-corrected chi connectivity index (χ4v) is 5.96. The minimum atomic E-state index is -1.47. The van der Waals surface area contributed by atoms with Crippen LogP contribution in [-0.4, -0.2) is 64.7 Å². The highest BCUT2D eigenvalue weighted by atomic mass is 17.2. The van der Waals surface area contributed by atoms with Gasteiger partial charge < -0.3 is 14.6 Å². The van der Waals surface area contributed by atoms with E-state index in [9.17, 15) is 14.7 Å². The number of esters is 1. The van der Waals surface area contributed by atoms with Crippen molar-refractivity contribution in [3.63, 3.8) is 0 Å². The largest absolute Gasteiger partial charge is 0.465 e. The molecule has 0 aromatic carbocycles. The molecule has 2 aliphatic rings. The van der Waals surface area contributed by atoms with Gasteiger partial charge in [0.15, 0.2) is 0 Å². The number of aliphatic hydroxyl groups is 1. The molecule has 0 radical (unpaired) electrons. The van der Waals surface area contributed by atoms with E-state index in [0.717, 1.165) is 6.42 Å². The topological polar surface area (TPSA) is 94.5 Å². The number of ether oxygens (including phenoxy) is 2. The minimum absolute atomic E-state index is 0.0932. The van der Waals surface area contributed by atoms with Gasteiger partial charge >= 0.3 is 11.9 Å². The van der Waals surface area contributed by atoms with Crippen molar-refractivity contribution >= 4 is 11.9 Å². The molecule has 2 fully saturated rings. The van der Waals surface area contributed by atoms with Crippen molar-refractivity contribution in [2.45, 2.75) is 110 Å². The van der Waals surface area contributed by atoms with Crippen LogP contribution in [0.1, 0.15) is 87.5 Å². The summed E-state index contributed by atoms with van der Waals surface area (Å²) in [6, 6.07) is 0. The minimum Gasteiger partial charge on any atom is -0.465 e. The highest BCUT2D eigenvalue weighted by Gasteiger charge is 2.47. The first kappa shape index (κ1) is 27.0. The smallest absolute Gasteiger partial charge is 0.367 e. The predicted molar refractivity (Wildman–Crippen MR) is 119 cm³/mol. The Bertz CT molecular complexity index is 657. The number of rotatable bonds is 8. The second kappa shape index (κ2) is 9.95. The first-order valence-corrected chi connectivity index (χ1v) is 11.7. The average molecular weight is 458 g/mol. The number of hydrogen-bond acceptors (Lipinski definition) is 8. The maximum Gasteiger partial charge on any atom is 0.367 e. The van der Waals surface area contributed by atoms with E-state index in [0.29, 0.717) is 32.3 Å². The van der Waals surface area contributed by atoms with E-state index in [1.165, 1.54) is 0 Å². The molecule has 1 saturated carbocycles. The Labute approximate surface area is 192 Å².